The van der Waals surface area contributed by atoms with Crippen molar-refractivity contribution in [3.63, 3.8) is 0 Å². The zero-order chi connectivity index (χ0) is 25.9. The summed E-state index contributed by atoms with van der Waals surface area (Å²) in [4.78, 5) is 7.80. The van der Waals surface area contributed by atoms with Gasteiger partial charge in [0, 0.05) is 17.0 Å². The minimum absolute atomic E-state index is 0.0480. The molecule has 0 amide bonds. The number of hydrogen-bond acceptors (Lipinski definition) is 11. The highest BCUT2D eigenvalue weighted by Gasteiger charge is 2.52. The van der Waals surface area contributed by atoms with Gasteiger partial charge in [0.15, 0.2) is 11.6 Å². The number of halogens is 1. The van der Waals surface area contributed by atoms with E-state index in [9.17, 15) is 5.11 Å². The van der Waals surface area contributed by atoms with Gasteiger partial charge in [-0.05, 0) is 55.4 Å². The van der Waals surface area contributed by atoms with Crippen molar-refractivity contribution in [3.8, 4) is 28.5 Å². The van der Waals surface area contributed by atoms with Crippen LogP contribution in [0, 0.1) is 11.3 Å². The average Bonchev–Trinajstić information content (AvgIpc) is 3.55. The van der Waals surface area contributed by atoms with Crippen molar-refractivity contribution in [3.05, 3.63) is 24.4 Å². The van der Waals surface area contributed by atoms with Crippen LogP contribution in [0.3, 0.4) is 0 Å². The quantitative estimate of drug-likeness (QED) is 0.258. The maximum atomic E-state index is 15.9. The number of thiol groups is 3. The fourth-order valence-corrected chi connectivity index (χ4v) is 6.35. The molecule has 3 fully saturated rings. The molecule has 0 spiro atoms. The highest BCUT2D eigenvalue weighted by Crippen LogP contribution is 2.52. The Balaban J connectivity index is 1.25. The highest BCUT2D eigenvalue weighted by atomic mass is 32.2. The van der Waals surface area contributed by atoms with Crippen LogP contribution < -0.4 is 4.90 Å². The van der Waals surface area contributed by atoms with Crippen LogP contribution >= 0.6 is 37.9 Å². The second-order valence-electron chi connectivity index (χ2n) is 10.8. The Morgan fingerprint density at radius 1 is 1.14 bits per heavy atom. The van der Waals surface area contributed by atoms with E-state index in [1.165, 1.54) is 12.5 Å². The van der Waals surface area contributed by atoms with E-state index >= 15 is 4.39 Å². The van der Waals surface area contributed by atoms with Gasteiger partial charge in [-0.2, -0.15) is 0 Å². The Bertz CT molecular complexity index is 1300. The van der Waals surface area contributed by atoms with E-state index in [0.29, 0.717) is 22.9 Å². The molecule has 0 saturated heterocycles. The molecule has 3 aliphatic rings. The first-order valence-electron chi connectivity index (χ1n) is 12.6. The summed E-state index contributed by atoms with van der Waals surface area (Å²) in [6, 6.07) is 5.01. The van der Waals surface area contributed by atoms with Crippen molar-refractivity contribution in [1.29, 1.82) is 0 Å². The summed E-state index contributed by atoms with van der Waals surface area (Å²) >= 11 is 12.5. The van der Waals surface area contributed by atoms with Gasteiger partial charge in [-0.3, -0.25) is 0 Å². The predicted molar refractivity (Wildman–Crippen MR) is 148 cm³/mol. The highest BCUT2D eigenvalue weighted by molar-refractivity contribution is 8.15. The van der Waals surface area contributed by atoms with Gasteiger partial charge in [-0.25, -0.2) is 9.37 Å². The number of phenols is 1. The molecule has 2 bridgehead atoms. The number of tetrazole rings is 1. The van der Waals surface area contributed by atoms with E-state index in [2.05, 4.69) is 80.3 Å². The van der Waals surface area contributed by atoms with Crippen LogP contribution in [-0.2, 0) is 3.54 Å². The van der Waals surface area contributed by atoms with Gasteiger partial charge >= 0.3 is 0 Å². The topological polar surface area (TPSA) is 106 Å². The summed E-state index contributed by atoms with van der Waals surface area (Å²) < 4.78 is 14.7. The third kappa shape index (κ3) is 4.78. The molecule has 3 saturated carbocycles. The third-order valence-corrected chi connectivity index (χ3v) is 8.52. The fraction of sp³-hybridized carbons (Fsp3) is 0.583. The Kier molecular flexibility index (Phi) is 6.30. The number of fused-ring (bicyclic) bond motifs is 2. The molecule has 37 heavy (non-hydrogen) atoms. The SMILES string of the molecule is C[C@]12CCC[C@H](C[C@@H](N(c3cnc(-c4ccc(-c5nnn(C(S)(S)S)n5)cc4O)nn3)C3CC3)[C@H]1F)C2. The molecule has 3 aromatic rings. The van der Waals surface area contributed by atoms with E-state index in [-0.39, 0.29) is 34.9 Å². The minimum atomic E-state index is -1.21. The molecule has 3 aliphatic carbocycles. The molecule has 2 heterocycles. The first-order chi connectivity index (χ1) is 17.6. The molecule has 1 N–H and O–H groups in total. The second-order valence-corrected chi connectivity index (χ2v) is 13.8. The van der Waals surface area contributed by atoms with Crippen molar-refractivity contribution in [2.75, 3.05) is 4.90 Å². The number of alkyl halides is 1. The van der Waals surface area contributed by atoms with Crippen LogP contribution in [0.15, 0.2) is 24.4 Å². The number of benzene rings is 1. The van der Waals surface area contributed by atoms with E-state index in [4.69, 9.17) is 0 Å². The number of hydrogen-bond donors (Lipinski definition) is 4. The Hall–Kier alpha value is -2.12. The van der Waals surface area contributed by atoms with Crippen molar-refractivity contribution in [1.82, 2.24) is 35.4 Å². The lowest BCUT2D eigenvalue weighted by atomic mass is 9.60. The Morgan fingerprint density at radius 3 is 2.59 bits per heavy atom. The van der Waals surface area contributed by atoms with Crippen LogP contribution in [0.2, 0.25) is 0 Å². The smallest absolute Gasteiger partial charge is 0.213 e. The molecule has 0 unspecified atom stereocenters. The minimum Gasteiger partial charge on any atom is -0.507 e. The molecular weight excluding hydrogens is 532 g/mol. The summed E-state index contributed by atoms with van der Waals surface area (Å²) in [7, 11) is 0. The predicted octanol–water partition coefficient (Wildman–Crippen LogP) is 4.53. The lowest BCUT2D eigenvalue weighted by Crippen LogP contribution is -2.56. The van der Waals surface area contributed by atoms with Gasteiger partial charge in [0.25, 0.3) is 0 Å². The second kappa shape index (κ2) is 9.26. The third-order valence-electron chi connectivity index (χ3n) is 7.98. The molecular formula is C24H29FN8OS3. The van der Waals surface area contributed by atoms with Gasteiger partial charge in [0.2, 0.25) is 9.36 Å². The Morgan fingerprint density at radius 2 is 1.95 bits per heavy atom. The van der Waals surface area contributed by atoms with Crippen molar-refractivity contribution in [2.24, 2.45) is 11.3 Å². The zero-order valence-corrected chi connectivity index (χ0v) is 23.0. The number of nitrogens with zero attached hydrogens (tertiary/aromatic N) is 8. The molecule has 9 nitrogen and oxygen atoms in total. The number of rotatable bonds is 6. The van der Waals surface area contributed by atoms with Crippen molar-refractivity contribution >= 4 is 43.7 Å². The molecule has 13 heteroatoms. The lowest BCUT2D eigenvalue weighted by Gasteiger charge is -2.52. The fourth-order valence-electron chi connectivity index (χ4n) is 6.10. The lowest BCUT2D eigenvalue weighted by molar-refractivity contribution is -0.0125. The monoisotopic (exact) mass is 560 g/mol. The number of aromatic hydroxyl groups is 1. The van der Waals surface area contributed by atoms with Gasteiger partial charge in [0.05, 0.1) is 17.8 Å². The van der Waals surface area contributed by atoms with E-state index < -0.39 is 9.71 Å². The average molecular weight is 561 g/mol. The zero-order valence-electron chi connectivity index (χ0n) is 20.3. The van der Waals surface area contributed by atoms with Crippen LogP contribution in [0.1, 0.15) is 51.9 Å². The number of phenolic OH excluding ortho intramolecular Hbond substituents is 1. The summed E-state index contributed by atoms with van der Waals surface area (Å²) in [6.07, 6.45) is 7.90. The largest absolute Gasteiger partial charge is 0.507 e. The van der Waals surface area contributed by atoms with E-state index in [1.807, 2.05) is 0 Å². The molecule has 0 radical (unpaired) electrons. The molecule has 6 rings (SSSR count). The Labute approximate surface area is 230 Å². The summed E-state index contributed by atoms with van der Waals surface area (Å²) in [5.74, 6) is 1.68. The summed E-state index contributed by atoms with van der Waals surface area (Å²) in [6.45, 7) is 2.11. The standard InChI is InChI=1S/C24H29FN8OS3/c1-23-8-2-3-13(11-23)9-17(20(23)25)32(15-5-6-15)19-12-26-22(28-27-19)16-7-4-14(10-18(16)34)21-29-31-33(30-21)24(35,36)37/h4,7,10,12-13,15,17,20,34-37H,2-3,5-6,8-9,11H2,1H3/t13-,17-,20-,23-/m1/s1. The maximum Gasteiger partial charge on any atom is 0.213 e. The molecule has 196 valence electrons. The van der Waals surface area contributed by atoms with Crippen LogP contribution in [0.4, 0.5) is 10.2 Å². The molecule has 1 aromatic carbocycles. The summed E-state index contributed by atoms with van der Waals surface area (Å²) in [5, 5.41) is 31.6. The van der Waals surface area contributed by atoms with Gasteiger partial charge in [-0.15, -0.1) is 63.1 Å². The first kappa shape index (κ1) is 25.2. The van der Waals surface area contributed by atoms with E-state index in [0.717, 1.165) is 43.3 Å². The van der Waals surface area contributed by atoms with Crippen LogP contribution in [0.5, 0.6) is 5.75 Å². The van der Waals surface area contributed by atoms with E-state index in [1.54, 1.807) is 18.3 Å². The maximum absolute atomic E-state index is 15.9. The molecule has 0 aliphatic heterocycles. The number of aromatic nitrogens is 7. The molecule has 4 atom stereocenters. The van der Waals surface area contributed by atoms with Gasteiger partial charge < -0.3 is 10.0 Å². The summed E-state index contributed by atoms with van der Waals surface area (Å²) in [5.41, 5.74) is 0.700. The number of anilines is 1. The van der Waals surface area contributed by atoms with Crippen molar-refractivity contribution < 1.29 is 9.50 Å². The van der Waals surface area contributed by atoms with Gasteiger partial charge in [0.1, 0.15) is 11.9 Å². The normalized spacial score (nSPS) is 27.8. The van der Waals surface area contributed by atoms with Crippen LogP contribution in [-0.4, -0.2) is 58.8 Å². The first-order valence-corrected chi connectivity index (χ1v) is 13.9. The molecule has 2 aromatic heterocycles. The van der Waals surface area contributed by atoms with Crippen LogP contribution in [0.25, 0.3) is 22.8 Å². The van der Waals surface area contributed by atoms with Gasteiger partial charge in [-0.1, -0.05) is 25.8 Å². The van der Waals surface area contributed by atoms with Crippen molar-refractivity contribution in [2.45, 2.75) is 73.7 Å².